The van der Waals surface area contributed by atoms with E-state index in [1.165, 1.54) is 6.07 Å². The predicted molar refractivity (Wildman–Crippen MR) is 73.5 cm³/mol. The number of nitrogens with one attached hydrogen (secondary N) is 1. The molecule has 1 heterocycles. The first-order chi connectivity index (χ1) is 9.51. The number of likely N-dealkylation sites (tertiary alicyclic amines) is 1. The first-order valence-corrected chi connectivity index (χ1v) is 6.27. The first kappa shape index (κ1) is 14.2. The van der Waals surface area contributed by atoms with Crippen molar-refractivity contribution >= 4 is 17.3 Å². The summed E-state index contributed by atoms with van der Waals surface area (Å²) in [6.07, 6.45) is 0.754. The Morgan fingerprint density at radius 2 is 2.30 bits per heavy atom. The molecule has 1 atom stereocenters. The summed E-state index contributed by atoms with van der Waals surface area (Å²) in [5.41, 5.74) is 8.73. The van der Waals surface area contributed by atoms with Gasteiger partial charge in [0.15, 0.2) is 0 Å². The lowest BCUT2D eigenvalue weighted by molar-refractivity contribution is -0.384. The van der Waals surface area contributed by atoms with Crippen LogP contribution in [-0.2, 0) is 11.3 Å². The largest absolute Gasteiger partial charge is 0.369 e. The Balaban J connectivity index is 2.07. The molecule has 2 rings (SSSR count). The van der Waals surface area contributed by atoms with E-state index in [9.17, 15) is 14.9 Å². The highest BCUT2D eigenvalue weighted by atomic mass is 16.6. The Labute approximate surface area is 115 Å². The van der Waals surface area contributed by atoms with Crippen molar-refractivity contribution in [2.45, 2.75) is 13.0 Å². The minimum atomic E-state index is -0.488. The van der Waals surface area contributed by atoms with Gasteiger partial charge < -0.3 is 11.2 Å². The number of benzene rings is 1. The Hall–Kier alpha value is -2.19. The van der Waals surface area contributed by atoms with Crippen LogP contribution in [0.4, 0.5) is 11.4 Å². The molecule has 1 aliphatic heterocycles. The molecule has 1 aliphatic rings. The first-order valence-electron chi connectivity index (χ1n) is 6.27. The van der Waals surface area contributed by atoms with Gasteiger partial charge in [-0.25, -0.2) is 0 Å². The Morgan fingerprint density at radius 3 is 2.85 bits per heavy atom. The smallest absolute Gasteiger partial charge is 0.293 e. The van der Waals surface area contributed by atoms with Crippen molar-refractivity contribution in [1.29, 1.82) is 0 Å². The van der Waals surface area contributed by atoms with Crippen molar-refractivity contribution < 1.29 is 9.72 Å². The van der Waals surface area contributed by atoms with Gasteiger partial charge in [0, 0.05) is 19.2 Å². The molecule has 1 saturated heterocycles. The fraction of sp³-hybridized carbons (Fsp3) is 0.417. The highest BCUT2D eigenvalue weighted by molar-refractivity contribution is 5.77. The maximum atomic E-state index is 11.1. The number of carbonyl (C=O) groups excluding carboxylic acids is 1. The minimum absolute atomic E-state index is 0.0623. The number of hydrazine groups is 1. The monoisotopic (exact) mass is 279 g/mol. The molecular formula is C12H17N5O3. The van der Waals surface area contributed by atoms with Crippen LogP contribution in [0.1, 0.15) is 12.0 Å². The third kappa shape index (κ3) is 3.03. The number of nitrogens with zero attached hydrogens (tertiary/aromatic N) is 2. The number of nitrogens with two attached hydrogens (primary N) is 2. The average molecular weight is 279 g/mol. The van der Waals surface area contributed by atoms with E-state index < -0.39 is 4.92 Å². The number of nitrogen functional groups attached to an aromatic ring is 1. The molecule has 20 heavy (non-hydrogen) atoms. The molecule has 0 aromatic heterocycles. The van der Waals surface area contributed by atoms with E-state index >= 15 is 0 Å². The lowest BCUT2D eigenvalue weighted by atomic mass is 10.1. The molecule has 0 aliphatic carbocycles. The van der Waals surface area contributed by atoms with E-state index in [0.29, 0.717) is 13.1 Å². The summed E-state index contributed by atoms with van der Waals surface area (Å²) in [6, 6.07) is 4.76. The highest BCUT2D eigenvalue weighted by Crippen LogP contribution is 2.26. The second-order valence-corrected chi connectivity index (χ2v) is 4.88. The molecule has 108 valence electrons. The second-order valence-electron chi connectivity index (χ2n) is 4.88. The van der Waals surface area contributed by atoms with Crippen LogP contribution in [0.25, 0.3) is 0 Å². The van der Waals surface area contributed by atoms with Crippen LogP contribution in [0, 0.1) is 16.0 Å². The summed E-state index contributed by atoms with van der Waals surface area (Å²) in [5, 5.41) is 10.8. The summed E-state index contributed by atoms with van der Waals surface area (Å²) < 4.78 is 0. The summed E-state index contributed by atoms with van der Waals surface area (Å²) in [4.78, 5) is 23.5. The van der Waals surface area contributed by atoms with E-state index in [0.717, 1.165) is 18.5 Å². The number of carbonyl (C=O) groups is 1. The van der Waals surface area contributed by atoms with Gasteiger partial charge in [0.2, 0.25) is 5.91 Å². The summed E-state index contributed by atoms with van der Waals surface area (Å²) in [7, 11) is 0. The number of anilines is 1. The standard InChI is InChI=1S/C12H17N5O3/c13-12(18)9-3-4-16(7-9)6-8-1-2-11(17(19)20)10(5-8)15-14/h1-2,5,9,15H,3-4,6-7,14H2,(H2,13,18). The molecule has 0 saturated carbocycles. The van der Waals surface area contributed by atoms with Crippen molar-refractivity contribution in [1.82, 2.24) is 4.90 Å². The van der Waals surface area contributed by atoms with Crippen molar-refractivity contribution in [3.05, 3.63) is 33.9 Å². The fourth-order valence-corrected chi connectivity index (χ4v) is 2.42. The van der Waals surface area contributed by atoms with Gasteiger partial charge in [-0.2, -0.15) is 0 Å². The molecule has 5 N–H and O–H groups in total. The van der Waals surface area contributed by atoms with Gasteiger partial charge in [-0.15, -0.1) is 0 Å². The van der Waals surface area contributed by atoms with Gasteiger partial charge in [-0.3, -0.25) is 25.7 Å². The lowest BCUT2D eigenvalue weighted by Gasteiger charge is -2.16. The third-order valence-electron chi connectivity index (χ3n) is 3.49. The Bertz CT molecular complexity index is 534. The molecule has 0 bridgehead atoms. The zero-order chi connectivity index (χ0) is 14.7. The average Bonchev–Trinajstić information content (AvgIpc) is 2.87. The third-order valence-corrected chi connectivity index (χ3v) is 3.49. The number of amides is 1. The molecule has 1 aromatic rings. The quantitative estimate of drug-likeness (QED) is 0.401. The summed E-state index contributed by atoms with van der Waals surface area (Å²) in [6.45, 7) is 2.02. The molecule has 8 heteroatoms. The van der Waals surface area contributed by atoms with E-state index in [1.54, 1.807) is 12.1 Å². The molecule has 1 unspecified atom stereocenters. The van der Waals surface area contributed by atoms with E-state index in [-0.39, 0.29) is 23.2 Å². The van der Waals surface area contributed by atoms with Gasteiger partial charge >= 0.3 is 0 Å². The molecule has 1 fully saturated rings. The van der Waals surface area contributed by atoms with Gasteiger partial charge in [0.1, 0.15) is 5.69 Å². The molecule has 8 nitrogen and oxygen atoms in total. The molecule has 0 radical (unpaired) electrons. The number of primary amides is 1. The van der Waals surface area contributed by atoms with Crippen LogP contribution in [-0.4, -0.2) is 28.8 Å². The van der Waals surface area contributed by atoms with E-state index in [4.69, 9.17) is 11.6 Å². The van der Waals surface area contributed by atoms with Crippen molar-refractivity contribution in [3.8, 4) is 0 Å². The minimum Gasteiger partial charge on any atom is -0.369 e. The number of nitro benzene ring substituents is 1. The van der Waals surface area contributed by atoms with Crippen LogP contribution in [0.2, 0.25) is 0 Å². The van der Waals surface area contributed by atoms with E-state index in [1.807, 2.05) is 0 Å². The van der Waals surface area contributed by atoms with Crippen LogP contribution >= 0.6 is 0 Å². The maximum absolute atomic E-state index is 11.1. The number of nitro groups is 1. The predicted octanol–water partition coefficient (Wildman–Crippen LogP) is 0.188. The molecular weight excluding hydrogens is 262 g/mol. The van der Waals surface area contributed by atoms with E-state index in [2.05, 4.69) is 10.3 Å². The second kappa shape index (κ2) is 5.85. The SMILES string of the molecule is NNc1cc(CN2CCC(C(N)=O)C2)ccc1[N+](=O)[O-]. The number of hydrogen-bond donors (Lipinski definition) is 3. The van der Waals surface area contributed by atoms with Gasteiger partial charge in [0.25, 0.3) is 5.69 Å². The molecule has 1 amide bonds. The van der Waals surface area contributed by atoms with Gasteiger partial charge in [-0.1, -0.05) is 6.07 Å². The van der Waals surface area contributed by atoms with Crippen molar-refractivity contribution in [3.63, 3.8) is 0 Å². The zero-order valence-electron chi connectivity index (χ0n) is 10.9. The van der Waals surface area contributed by atoms with Crippen molar-refractivity contribution in [2.24, 2.45) is 17.5 Å². The fourth-order valence-electron chi connectivity index (χ4n) is 2.42. The normalized spacial score (nSPS) is 18.9. The topological polar surface area (TPSA) is 128 Å². The van der Waals surface area contributed by atoms with Gasteiger partial charge in [0.05, 0.1) is 10.8 Å². The Morgan fingerprint density at radius 1 is 1.55 bits per heavy atom. The summed E-state index contributed by atoms with van der Waals surface area (Å²) in [5.74, 6) is 4.91. The maximum Gasteiger partial charge on any atom is 0.293 e. The highest BCUT2D eigenvalue weighted by Gasteiger charge is 2.26. The number of hydrogen-bond acceptors (Lipinski definition) is 6. The number of rotatable bonds is 5. The van der Waals surface area contributed by atoms with Crippen LogP contribution in [0.5, 0.6) is 0 Å². The summed E-state index contributed by atoms with van der Waals surface area (Å²) >= 11 is 0. The zero-order valence-corrected chi connectivity index (χ0v) is 10.9. The van der Waals surface area contributed by atoms with Crippen LogP contribution < -0.4 is 17.0 Å². The molecule has 0 spiro atoms. The van der Waals surface area contributed by atoms with Gasteiger partial charge in [-0.05, 0) is 24.6 Å². The van der Waals surface area contributed by atoms with Crippen molar-refractivity contribution in [2.75, 3.05) is 18.5 Å². The lowest BCUT2D eigenvalue weighted by Crippen LogP contribution is -2.27. The van der Waals surface area contributed by atoms with Crippen LogP contribution in [0.3, 0.4) is 0 Å². The Kier molecular flexibility index (Phi) is 4.16. The van der Waals surface area contributed by atoms with Crippen LogP contribution in [0.15, 0.2) is 18.2 Å². The molecule has 1 aromatic carbocycles.